The van der Waals surface area contributed by atoms with Gasteiger partial charge >= 0.3 is 0 Å². The van der Waals surface area contributed by atoms with Crippen molar-refractivity contribution in [3.05, 3.63) is 43.8 Å². The maximum absolute atomic E-state index is 6.04. The molecule has 0 radical (unpaired) electrons. The highest BCUT2D eigenvalue weighted by atomic mass is 127. The van der Waals surface area contributed by atoms with Crippen LogP contribution in [0, 0.1) is 3.57 Å². The summed E-state index contributed by atoms with van der Waals surface area (Å²) in [6.07, 6.45) is 0.970. The molecule has 0 spiro atoms. The first-order chi connectivity index (χ1) is 8.11. The SMILES string of the molecule is CCC(N)c1ccc(-c2ccc(Cl)cc2I)s1. The van der Waals surface area contributed by atoms with Crippen LogP contribution in [0.5, 0.6) is 0 Å². The molecule has 1 unspecified atom stereocenters. The van der Waals surface area contributed by atoms with E-state index in [0.29, 0.717) is 0 Å². The molecule has 0 aliphatic rings. The fourth-order valence-corrected chi connectivity index (χ4v) is 4.06. The van der Waals surface area contributed by atoms with Gasteiger partial charge in [-0.15, -0.1) is 11.3 Å². The topological polar surface area (TPSA) is 26.0 Å². The Hall–Kier alpha value is -0.100. The summed E-state index contributed by atoms with van der Waals surface area (Å²) in [6, 6.07) is 10.4. The fraction of sp³-hybridized carbons (Fsp3) is 0.231. The molecule has 2 rings (SSSR count). The molecule has 2 aromatic rings. The van der Waals surface area contributed by atoms with Gasteiger partial charge in [0.25, 0.3) is 0 Å². The highest BCUT2D eigenvalue weighted by molar-refractivity contribution is 14.1. The lowest BCUT2D eigenvalue weighted by Crippen LogP contribution is -2.05. The van der Waals surface area contributed by atoms with Gasteiger partial charge in [-0.3, -0.25) is 0 Å². The zero-order chi connectivity index (χ0) is 12.4. The van der Waals surface area contributed by atoms with Crippen LogP contribution < -0.4 is 5.73 Å². The van der Waals surface area contributed by atoms with Crippen molar-refractivity contribution in [2.24, 2.45) is 5.73 Å². The molecule has 17 heavy (non-hydrogen) atoms. The predicted octanol–water partition coefficient (Wildman–Crippen LogP) is 5.08. The summed E-state index contributed by atoms with van der Waals surface area (Å²) in [5.41, 5.74) is 7.27. The number of thiophene rings is 1. The molecule has 4 heteroatoms. The van der Waals surface area contributed by atoms with Gasteiger partial charge in [-0.25, -0.2) is 0 Å². The van der Waals surface area contributed by atoms with E-state index in [-0.39, 0.29) is 6.04 Å². The quantitative estimate of drug-likeness (QED) is 0.741. The summed E-state index contributed by atoms with van der Waals surface area (Å²) in [5, 5.41) is 0.778. The molecule has 1 aromatic heterocycles. The van der Waals surface area contributed by atoms with E-state index >= 15 is 0 Å². The van der Waals surface area contributed by atoms with E-state index < -0.39 is 0 Å². The van der Waals surface area contributed by atoms with Gasteiger partial charge in [-0.1, -0.05) is 24.6 Å². The molecule has 0 fully saturated rings. The predicted molar refractivity (Wildman–Crippen MR) is 84.7 cm³/mol. The lowest BCUT2D eigenvalue weighted by atomic mass is 10.2. The van der Waals surface area contributed by atoms with Crippen LogP contribution in [0.1, 0.15) is 24.3 Å². The molecule has 0 saturated heterocycles. The second-order valence-electron chi connectivity index (χ2n) is 3.84. The monoisotopic (exact) mass is 377 g/mol. The molecule has 0 bridgehead atoms. The van der Waals surface area contributed by atoms with Crippen molar-refractivity contribution in [1.82, 2.24) is 0 Å². The van der Waals surface area contributed by atoms with Gasteiger partial charge in [0, 0.05) is 30.0 Å². The van der Waals surface area contributed by atoms with Crippen LogP contribution in [-0.4, -0.2) is 0 Å². The number of halogens is 2. The number of nitrogens with two attached hydrogens (primary N) is 1. The fourth-order valence-electron chi connectivity index (χ4n) is 1.59. The molecular weight excluding hydrogens is 365 g/mol. The Morgan fingerprint density at radius 2 is 2.12 bits per heavy atom. The lowest BCUT2D eigenvalue weighted by Gasteiger charge is -2.05. The van der Waals surface area contributed by atoms with E-state index in [1.165, 1.54) is 18.9 Å². The van der Waals surface area contributed by atoms with Crippen LogP contribution in [-0.2, 0) is 0 Å². The second-order valence-corrected chi connectivity index (χ2v) is 6.55. The average molecular weight is 378 g/mol. The minimum absolute atomic E-state index is 0.152. The molecular formula is C13H13ClINS. The van der Waals surface area contributed by atoms with Gasteiger partial charge in [0.15, 0.2) is 0 Å². The number of hydrogen-bond acceptors (Lipinski definition) is 2. The Balaban J connectivity index is 2.37. The largest absolute Gasteiger partial charge is 0.323 e. The molecule has 90 valence electrons. The third kappa shape index (κ3) is 3.02. The van der Waals surface area contributed by atoms with E-state index in [1.54, 1.807) is 11.3 Å². The maximum Gasteiger partial charge on any atom is 0.0416 e. The Morgan fingerprint density at radius 3 is 2.76 bits per heavy atom. The van der Waals surface area contributed by atoms with Crippen molar-refractivity contribution in [2.45, 2.75) is 19.4 Å². The first-order valence-electron chi connectivity index (χ1n) is 5.42. The van der Waals surface area contributed by atoms with Crippen LogP contribution in [0.4, 0.5) is 0 Å². The van der Waals surface area contributed by atoms with Gasteiger partial charge in [0.05, 0.1) is 0 Å². The van der Waals surface area contributed by atoms with E-state index in [2.05, 4.69) is 47.7 Å². The number of benzene rings is 1. The Labute approximate surface area is 124 Å². The van der Waals surface area contributed by atoms with Gasteiger partial charge in [0.1, 0.15) is 0 Å². The summed E-state index contributed by atoms with van der Waals surface area (Å²) in [5.74, 6) is 0. The third-order valence-electron chi connectivity index (χ3n) is 2.63. The molecule has 0 saturated carbocycles. The van der Waals surface area contributed by atoms with Crippen LogP contribution in [0.2, 0.25) is 5.02 Å². The normalized spacial score (nSPS) is 12.7. The van der Waals surface area contributed by atoms with Crippen molar-refractivity contribution < 1.29 is 0 Å². The Kier molecular flexibility index (Phi) is 4.47. The summed E-state index contributed by atoms with van der Waals surface area (Å²) in [7, 11) is 0. The maximum atomic E-state index is 6.04. The van der Waals surface area contributed by atoms with Crippen molar-refractivity contribution >= 4 is 45.5 Å². The van der Waals surface area contributed by atoms with Gasteiger partial charge < -0.3 is 5.73 Å². The smallest absolute Gasteiger partial charge is 0.0416 e. The molecule has 1 heterocycles. The van der Waals surface area contributed by atoms with Gasteiger partial charge in [0.2, 0.25) is 0 Å². The standard InChI is InChI=1S/C13H13ClINS/c1-2-11(16)13-6-5-12(17-13)9-4-3-8(14)7-10(9)15/h3-7,11H,2,16H2,1H3. The first-order valence-corrected chi connectivity index (χ1v) is 7.70. The van der Waals surface area contributed by atoms with E-state index in [9.17, 15) is 0 Å². The molecule has 2 N–H and O–H groups in total. The zero-order valence-electron chi connectivity index (χ0n) is 9.41. The molecule has 1 aromatic carbocycles. The van der Waals surface area contributed by atoms with Crippen LogP contribution in [0.3, 0.4) is 0 Å². The summed E-state index contributed by atoms with van der Waals surface area (Å²) >= 11 is 10.0. The number of hydrogen-bond donors (Lipinski definition) is 1. The lowest BCUT2D eigenvalue weighted by molar-refractivity contribution is 0.712. The minimum Gasteiger partial charge on any atom is -0.323 e. The molecule has 0 aliphatic heterocycles. The Morgan fingerprint density at radius 1 is 1.35 bits per heavy atom. The summed E-state index contributed by atoms with van der Waals surface area (Å²) in [4.78, 5) is 2.50. The van der Waals surface area contributed by atoms with E-state index in [0.717, 1.165) is 11.4 Å². The second kappa shape index (κ2) is 5.69. The molecule has 1 nitrogen and oxygen atoms in total. The zero-order valence-corrected chi connectivity index (χ0v) is 13.1. The first kappa shape index (κ1) is 13.3. The van der Waals surface area contributed by atoms with Crippen LogP contribution in [0.15, 0.2) is 30.3 Å². The van der Waals surface area contributed by atoms with Crippen LogP contribution in [0.25, 0.3) is 10.4 Å². The highest BCUT2D eigenvalue weighted by Gasteiger charge is 2.10. The van der Waals surface area contributed by atoms with Crippen LogP contribution >= 0.6 is 45.5 Å². The molecule has 0 aliphatic carbocycles. The highest BCUT2D eigenvalue weighted by Crippen LogP contribution is 2.35. The van der Waals surface area contributed by atoms with E-state index in [4.69, 9.17) is 17.3 Å². The molecule has 0 amide bonds. The summed E-state index contributed by atoms with van der Waals surface area (Å²) in [6.45, 7) is 2.11. The van der Waals surface area contributed by atoms with E-state index in [1.807, 2.05) is 12.1 Å². The van der Waals surface area contributed by atoms with Gasteiger partial charge in [-0.05, 0) is 53.3 Å². The summed E-state index contributed by atoms with van der Waals surface area (Å²) < 4.78 is 1.17. The van der Waals surface area contributed by atoms with Gasteiger partial charge in [-0.2, -0.15) is 0 Å². The van der Waals surface area contributed by atoms with Crippen molar-refractivity contribution in [1.29, 1.82) is 0 Å². The number of rotatable bonds is 3. The minimum atomic E-state index is 0.152. The van der Waals surface area contributed by atoms with Crippen molar-refractivity contribution in [3.63, 3.8) is 0 Å². The third-order valence-corrected chi connectivity index (χ3v) is 5.01. The molecule has 1 atom stereocenters. The Bertz CT molecular complexity index is 524. The average Bonchev–Trinajstić information content (AvgIpc) is 2.77. The van der Waals surface area contributed by atoms with Crippen molar-refractivity contribution in [2.75, 3.05) is 0 Å². The van der Waals surface area contributed by atoms with Crippen molar-refractivity contribution in [3.8, 4) is 10.4 Å².